The van der Waals surface area contributed by atoms with Gasteiger partial charge >= 0.3 is 0 Å². The average molecular weight is 693 g/mol. The number of anilines is 2. The second-order valence-electron chi connectivity index (χ2n) is 10.0. The van der Waals surface area contributed by atoms with Crippen molar-refractivity contribution >= 4 is 62.9 Å². The van der Waals surface area contributed by atoms with Crippen LogP contribution in [0.1, 0.15) is 26.7 Å². The number of carbonyl (C=O) groups is 3. The summed E-state index contributed by atoms with van der Waals surface area (Å²) >= 11 is 4.81. The first kappa shape index (κ1) is 32.3. The van der Waals surface area contributed by atoms with Crippen molar-refractivity contribution in [3.8, 4) is 5.75 Å². The predicted octanol–water partition coefficient (Wildman–Crippen LogP) is 8.34. The van der Waals surface area contributed by atoms with Crippen molar-refractivity contribution in [1.29, 1.82) is 0 Å². The summed E-state index contributed by atoms with van der Waals surface area (Å²) in [6, 6.07) is 40.0. The third-order valence-corrected chi connectivity index (χ3v) is 8.48. The lowest BCUT2D eigenvalue weighted by Crippen LogP contribution is -2.30. The monoisotopic (exact) mass is 691 g/mol. The van der Waals surface area contributed by atoms with Gasteiger partial charge in [-0.1, -0.05) is 94.8 Å². The fraction of sp³-hybridized carbons (Fsp3) is 0.0541. The first-order chi connectivity index (χ1) is 22.4. The molecule has 0 spiro atoms. The minimum absolute atomic E-state index is 0.0726. The highest BCUT2D eigenvalue weighted by Gasteiger charge is 2.24. The largest absolute Gasteiger partial charge is 0.495 e. The van der Waals surface area contributed by atoms with E-state index in [0.717, 1.165) is 20.5 Å². The number of ether oxygens (including phenoxy) is 1. The van der Waals surface area contributed by atoms with Gasteiger partial charge in [0, 0.05) is 20.6 Å². The first-order valence-electron chi connectivity index (χ1n) is 14.3. The summed E-state index contributed by atoms with van der Waals surface area (Å²) in [4.78, 5) is 41.0. The van der Waals surface area contributed by atoms with Gasteiger partial charge in [-0.3, -0.25) is 14.4 Å². The van der Waals surface area contributed by atoms with E-state index in [4.69, 9.17) is 4.74 Å². The molecule has 0 fully saturated rings. The summed E-state index contributed by atoms with van der Waals surface area (Å²) in [6.07, 6.45) is 1.62. The molecule has 0 aromatic heterocycles. The van der Waals surface area contributed by atoms with Crippen molar-refractivity contribution < 1.29 is 19.1 Å². The summed E-state index contributed by atoms with van der Waals surface area (Å²) in [5.74, 6) is -0.575. The summed E-state index contributed by atoms with van der Waals surface area (Å²) in [7, 11) is 1.56. The zero-order valence-corrected chi connectivity index (χ0v) is 27.2. The molecule has 3 amide bonds. The molecule has 5 rings (SSSR count). The van der Waals surface area contributed by atoms with Gasteiger partial charge < -0.3 is 20.7 Å². The topological polar surface area (TPSA) is 96.5 Å². The fourth-order valence-electron chi connectivity index (χ4n) is 4.53. The normalized spacial score (nSPS) is 11.7. The Balaban J connectivity index is 1.38. The maximum atomic E-state index is 13.6. The van der Waals surface area contributed by atoms with Crippen LogP contribution in [0.15, 0.2) is 149 Å². The SMILES string of the molecule is COc1ccccc1NC(=O)C(Sc1cccc(NC(=O)/C(=C\c2cccc(Br)c2)NC(=O)c2ccccc2)c1)c1ccccc1. The molecule has 0 saturated carbocycles. The van der Waals surface area contributed by atoms with Gasteiger partial charge in [0.2, 0.25) is 5.91 Å². The minimum Gasteiger partial charge on any atom is -0.495 e. The average Bonchev–Trinajstić information content (AvgIpc) is 3.08. The number of para-hydroxylation sites is 2. The maximum absolute atomic E-state index is 13.6. The Morgan fingerprint density at radius 2 is 1.46 bits per heavy atom. The number of halogens is 1. The molecule has 1 atom stereocenters. The van der Waals surface area contributed by atoms with Gasteiger partial charge in [0.1, 0.15) is 16.7 Å². The molecule has 5 aromatic carbocycles. The Morgan fingerprint density at radius 1 is 0.761 bits per heavy atom. The van der Waals surface area contributed by atoms with E-state index in [-0.39, 0.29) is 11.6 Å². The molecule has 5 aromatic rings. The Labute approximate surface area is 280 Å². The van der Waals surface area contributed by atoms with Crippen LogP contribution in [0.2, 0.25) is 0 Å². The fourth-order valence-corrected chi connectivity index (χ4v) is 6.03. The minimum atomic E-state index is -0.603. The van der Waals surface area contributed by atoms with Crippen LogP contribution in [-0.4, -0.2) is 24.8 Å². The molecule has 230 valence electrons. The van der Waals surface area contributed by atoms with Crippen LogP contribution >= 0.6 is 27.7 Å². The zero-order valence-electron chi connectivity index (χ0n) is 24.8. The molecule has 46 heavy (non-hydrogen) atoms. The van der Waals surface area contributed by atoms with E-state index in [1.807, 2.05) is 78.9 Å². The van der Waals surface area contributed by atoms with Crippen LogP contribution < -0.4 is 20.7 Å². The van der Waals surface area contributed by atoms with Crippen LogP contribution in [0.4, 0.5) is 11.4 Å². The van der Waals surface area contributed by atoms with Crippen LogP contribution in [0, 0.1) is 0 Å². The van der Waals surface area contributed by atoms with Crippen molar-refractivity contribution in [2.24, 2.45) is 0 Å². The first-order valence-corrected chi connectivity index (χ1v) is 16.0. The van der Waals surface area contributed by atoms with Gasteiger partial charge in [-0.25, -0.2) is 0 Å². The number of hydrogen-bond donors (Lipinski definition) is 3. The molecule has 1 unspecified atom stereocenters. The zero-order chi connectivity index (χ0) is 32.3. The Morgan fingerprint density at radius 3 is 2.20 bits per heavy atom. The number of nitrogens with one attached hydrogen (secondary N) is 3. The molecular weight excluding hydrogens is 662 g/mol. The van der Waals surface area contributed by atoms with E-state index in [1.165, 1.54) is 11.8 Å². The molecule has 0 saturated heterocycles. The second kappa shape index (κ2) is 15.7. The van der Waals surface area contributed by atoms with E-state index in [2.05, 4.69) is 31.9 Å². The number of amides is 3. The highest BCUT2D eigenvalue weighted by atomic mass is 79.9. The Hall–Kier alpha value is -5.12. The summed E-state index contributed by atoms with van der Waals surface area (Å²) in [5, 5.41) is 8.06. The summed E-state index contributed by atoms with van der Waals surface area (Å²) < 4.78 is 6.26. The van der Waals surface area contributed by atoms with Crippen LogP contribution in [-0.2, 0) is 9.59 Å². The molecule has 0 aliphatic heterocycles. The molecule has 7 nitrogen and oxygen atoms in total. The third kappa shape index (κ3) is 8.74. The van der Waals surface area contributed by atoms with Gasteiger partial charge in [-0.05, 0) is 71.8 Å². The molecule has 0 bridgehead atoms. The maximum Gasteiger partial charge on any atom is 0.272 e. The van der Waals surface area contributed by atoms with Crippen LogP contribution in [0.25, 0.3) is 6.08 Å². The van der Waals surface area contributed by atoms with Crippen molar-refractivity contribution in [2.45, 2.75) is 10.1 Å². The van der Waals surface area contributed by atoms with Gasteiger partial charge in [0.05, 0.1) is 12.8 Å². The van der Waals surface area contributed by atoms with Crippen molar-refractivity contribution in [2.75, 3.05) is 17.7 Å². The van der Waals surface area contributed by atoms with Crippen molar-refractivity contribution in [3.63, 3.8) is 0 Å². The quantitative estimate of drug-likeness (QED) is 0.0956. The highest BCUT2D eigenvalue weighted by molar-refractivity contribution is 9.10. The van der Waals surface area contributed by atoms with Crippen LogP contribution in [0.3, 0.4) is 0 Å². The van der Waals surface area contributed by atoms with Gasteiger partial charge in [0.25, 0.3) is 11.8 Å². The van der Waals surface area contributed by atoms with Gasteiger partial charge in [-0.15, -0.1) is 11.8 Å². The summed E-state index contributed by atoms with van der Waals surface area (Å²) in [6.45, 7) is 0. The van der Waals surface area contributed by atoms with E-state index in [1.54, 1.807) is 67.8 Å². The highest BCUT2D eigenvalue weighted by Crippen LogP contribution is 2.38. The Kier molecular flexibility index (Phi) is 11.0. The number of rotatable bonds is 11. The van der Waals surface area contributed by atoms with E-state index in [0.29, 0.717) is 22.7 Å². The molecule has 0 heterocycles. The number of thioether (sulfide) groups is 1. The molecule has 0 aliphatic carbocycles. The van der Waals surface area contributed by atoms with Crippen LogP contribution in [0.5, 0.6) is 5.75 Å². The lowest BCUT2D eigenvalue weighted by Gasteiger charge is -2.19. The van der Waals surface area contributed by atoms with E-state index < -0.39 is 17.1 Å². The van der Waals surface area contributed by atoms with Gasteiger partial charge in [-0.2, -0.15) is 0 Å². The van der Waals surface area contributed by atoms with Crippen molar-refractivity contribution in [3.05, 3.63) is 160 Å². The molecule has 0 aliphatic rings. The lowest BCUT2D eigenvalue weighted by atomic mass is 10.1. The standard InChI is InChI=1S/C37H30BrN3O4S/c1-45-33-21-9-8-20-31(33)40-37(44)34(26-13-4-2-5-14-26)46-30-19-11-18-29(24-30)39-36(43)32(23-25-12-10-17-28(38)22-25)41-35(42)27-15-6-3-7-16-27/h2-24,34H,1H3,(H,39,43)(H,40,44)(H,41,42)/b32-23+. The van der Waals surface area contributed by atoms with E-state index >= 15 is 0 Å². The number of carbonyl (C=O) groups excluding carboxylic acids is 3. The molecular formula is C37H30BrN3O4S. The Bertz CT molecular complexity index is 1870. The number of methoxy groups -OCH3 is 1. The lowest BCUT2D eigenvalue weighted by molar-refractivity contribution is -0.116. The molecule has 0 radical (unpaired) electrons. The number of hydrogen-bond acceptors (Lipinski definition) is 5. The molecule has 9 heteroatoms. The smallest absolute Gasteiger partial charge is 0.272 e. The third-order valence-electron chi connectivity index (χ3n) is 6.74. The summed E-state index contributed by atoms with van der Waals surface area (Å²) in [5.41, 5.74) is 3.11. The van der Waals surface area contributed by atoms with Gasteiger partial charge in [0.15, 0.2) is 0 Å². The molecule has 3 N–H and O–H groups in total. The van der Waals surface area contributed by atoms with Crippen molar-refractivity contribution in [1.82, 2.24) is 5.32 Å². The second-order valence-corrected chi connectivity index (χ2v) is 12.1. The number of benzene rings is 5. The predicted molar refractivity (Wildman–Crippen MR) is 188 cm³/mol. The van der Waals surface area contributed by atoms with E-state index in [9.17, 15) is 14.4 Å².